The second kappa shape index (κ2) is 6.16. The molecule has 1 atom stereocenters. The molecule has 2 amide bonds. The molecule has 1 aliphatic rings. The van der Waals surface area contributed by atoms with E-state index in [-0.39, 0.29) is 15.7 Å². The number of fused-ring (bicyclic) bond motifs is 1. The number of anilines is 2. The summed E-state index contributed by atoms with van der Waals surface area (Å²) < 4.78 is 5.63. The van der Waals surface area contributed by atoms with Crippen LogP contribution in [0.5, 0.6) is 5.75 Å². The Morgan fingerprint density at radius 2 is 1.96 bits per heavy atom. The second-order valence-electron chi connectivity index (χ2n) is 5.29. The molecule has 0 saturated heterocycles. The van der Waals surface area contributed by atoms with Gasteiger partial charge in [0.05, 0.1) is 21.4 Å². The number of nitrogens with one attached hydrogen (secondary N) is 2. The number of hydrogen-bond donors (Lipinski definition) is 2. The Kier molecular flexibility index (Phi) is 4.34. The van der Waals surface area contributed by atoms with Gasteiger partial charge in [0.1, 0.15) is 5.75 Å². The molecule has 1 unspecified atom stereocenters. The minimum atomic E-state index is -1.77. The van der Waals surface area contributed by atoms with Crippen LogP contribution in [0, 0.1) is 0 Å². The molecule has 0 spiro atoms. The summed E-state index contributed by atoms with van der Waals surface area (Å²) in [7, 11) is 0. The monoisotopic (exact) mass is 384 g/mol. The van der Waals surface area contributed by atoms with Crippen molar-refractivity contribution in [3.8, 4) is 5.75 Å². The summed E-state index contributed by atoms with van der Waals surface area (Å²) >= 11 is 17.9. The van der Waals surface area contributed by atoms with Gasteiger partial charge in [-0.15, -0.1) is 0 Å². The van der Waals surface area contributed by atoms with Crippen molar-refractivity contribution in [2.75, 3.05) is 10.6 Å². The zero-order chi connectivity index (χ0) is 17.5. The van der Waals surface area contributed by atoms with Crippen molar-refractivity contribution < 1.29 is 14.3 Å². The average Bonchev–Trinajstić information content (AvgIpc) is 2.53. The first-order valence-corrected chi connectivity index (χ1v) is 8.00. The number of rotatable bonds is 2. The quantitative estimate of drug-likeness (QED) is 0.754. The van der Waals surface area contributed by atoms with Crippen LogP contribution >= 0.6 is 34.8 Å². The molecule has 124 valence electrons. The number of carbonyl (C=O) groups excluding carboxylic acids is 2. The molecule has 2 aromatic carbocycles. The topological polar surface area (TPSA) is 67.4 Å². The van der Waals surface area contributed by atoms with E-state index in [4.69, 9.17) is 39.5 Å². The Morgan fingerprint density at radius 3 is 2.71 bits per heavy atom. The van der Waals surface area contributed by atoms with Gasteiger partial charge in [-0.1, -0.05) is 40.9 Å². The maximum absolute atomic E-state index is 12.6. The third kappa shape index (κ3) is 2.90. The molecule has 5 nitrogen and oxygen atoms in total. The number of ether oxygens (including phenoxy) is 1. The van der Waals surface area contributed by atoms with E-state index in [2.05, 4.69) is 10.6 Å². The van der Waals surface area contributed by atoms with E-state index in [1.807, 2.05) is 0 Å². The Morgan fingerprint density at radius 1 is 1.21 bits per heavy atom. The van der Waals surface area contributed by atoms with Gasteiger partial charge >= 0.3 is 0 Å². The first kappa shape index (κ1) is 16.9. The predicted octanol–water partition coefficient (Wildman–Crippen LogP) is 4.38. The number of halogens is 3. The van der Waals surface area contributed by atoms with Crippen molar-refractivity contribution in [2.45, 2.75) is 12.5 Å². The van der Waals surface area contributed by atoms with E-state index in [0.717, 1.165) is 0 Å². The fourth-order valence-electron chi connectivity index (χ4n) is 2.19. The zero-order valence-corrected chi connectivity index (χ0v) is 14.6. The lowest BCUT2D eigenvalue weighted by Crippen LogP contribution is -2.56. The molecule has 3 rings (SSSR count). The number of benzene rings is 2. The van der Waals surface area contributed by atoms with Gasteiger partial charge < -0.3 is 15.4 Å². The van der Waals surface area contributed by atoms with Gasteiger partial charge in [0.2, 0.25) is 0 Å². The van der Waals surface area contributed by atoms with Crippen LogP contribution in [0.2, 0.25) is 15.1 Å². The van der Waals surface area contributed by atoms with Crippen molar-refractivity contribution in [1.29, 1.82) is 0 Å². The maximum Gasteiger partial charge on any atom is 0.278 e. The highest BCUT2D eigenvalue weighted by atomic mass is 35.5. The van der Waals surface area contributed by atoms with E-state index in [9.17, 15) is 9.59 Å². The maximum atomic E-state index is 12.6. The average molecular weight is 386 g/mol. The van der Waals surface area contributed by atoms with Crippen molar-refractivity contribution in [1.82, 2.24) is 0 Å². The van der Waals surface area contributed by atoms with E-state index in [0.29, 0.717) is 16.5 Å². The van der Waals surface area contributed by atoms with Gasteiger partial charge in [-0.25, -0.2) is 0 Å². The molecule has 0 aliphatic carbocycles. The van der Waals surface area contributed by atoms with Gasteiger partial charge in [-0.2, -0.15) is 0 Å². The number of carbonyl (C=O) groups is 2. The van der Waals surface area contributed by atoms with Gasteiger partial charge in [0.15, 0.2) is 0 Å². The molecule has 0 aromatic heterocycles. The third-order valence-corrected chi connectivity index (χ3v) is 4.62. The van der Waals surface area contributed by atoms with Crippen molar-refractivity contribution in [2.24, 2.45) is 0 Å². The number of amides is 2. The summed E-state index contributed by atoms with van der Waals surface area (Å²) in [6.07, 6.45) is 0. The largest absolute Gasteiger partial charge is 0.466 e. The summed E-state index contributed by atoms with van der Waals surface area (Å²) in [5.41, 5.74) is -1.08. The Hall–Kier alpha value is -1.95. The van der Waals surface area contributed by atoms with E-state index >= 15 is 0 Å². The van der Waals surface area contributed by atoms with Crippen LogP contribution < -0.4 is 15.4 Å². The predicted molar refractivity (Wildman–Crippen MR) is 94.2 cm³/mol. The molecule has 24 heavy (non-hydrogen) atoms. The smallest absolute Gasteiger partial charge is 0.278 e. The first-order valence-electron chi connectivity index (χ1n) is 6.87. The molecule has 1 aliphatic heterocycles. The van der Waals surface area contributed by atoms with Crippen molar-refractivity contribution in [3.63, 3.8) is 0 Å². The van der Waals surface area contributed by atoms with Gasteiger partial charge in [-0.3, -0.25) is 9.59 Å². The molecule has 0 bridgehead atoms. The summed E-state index contributed by atoms with van der Waals surface area (Å²) in [6.45, 7) is 1.37. The zero-order valence-electron chi connectivity index (χ0n) is 12.3. The molecular weight excluding hydrogens is 375 g/mol. The fourth-order valence-corrected chi connectivity index (χ4v) is 2.71. The van der Waals surface area contributed by atoms with Crippen LogP contribution in [-0.4, -0.2) is 17.4 Å². The molecular formula is C16H11Cl3N2O3. The van der Waals surface area contributed by atoms with Crippen LogP contribution in [0.15, 0.2) is 36.4 Å². The normalized spacial score (nSPS) is 19.1. The van der Waals surface area contributed by atoms with Gasteiger partial charge in [0.25, 0.3) is 17.4 Å². The van der Waals surface area contributed by atoms with E-state index < -0.39 is 17.4 Å². The standard InChI is InChI=1S/C16H11Cl3N2O3/c1-16(14(22)20-10-4-2-3-9(18)13(10)19)15(23)21-11-7-8(17)5-6-12(11)24-16/h2-7H,1H3,(H,20,22)(H,21,23). The van der Waals surface area contributed by atoms with Crippen molar-refractivity contribution in [3.05, 3.63) is 51.5 Å². The third-order valence-electron chi connectivity index (χ3n) is 3.57. The molecule has 0 fully saturated rings. The lowest BCUT2D eigenvalue weighted by atomic mass is 10.0. The van der Waals surface area contributed by atoms with Gasteiger partial charge in [0, 0.05) is 5.02 Å². The molecule has 2 aromatic rings. The van der Waals surface area contributed by atoms with Crippen LogP contribution in [-0.2, 0) is 9.59 Å². The SMILES string of the molecule is CC1(C(=O)Nc2cccc(Cl)c2Cl)Oc2ccc(Cl)cc2NC1=O. The minimum Gasteiger partial charge on any atom is -0.466 e. The molecule has 2 N–H and O–H groups in total. The number of hydrogen-bond acceptors (Lipinski definition) is 3. The van der Waals surface area contributed by atoms with E-state index in [1.54, 1.807) is 36.4 Å². The molecule has 8 heteroatoms. The Bertz CT molecular complexity index is 856. The summed E-state index contributed by atoms with van der Waals surface area (Å²) in [6, 6.07) is 9.51. The van der Waals surface area contributed by atoms with Crippen LogP contribution in [0.3, 0.4) is 0 Å². The summed E-state index contributed by atoms with van der Waals surface area (Å²) in [5, 5.41) is 6.09. The molecule has 0 saturated carbocycles. The first-order chi connectivity index (χ1) is 11.3. The second-order valence-corrected chi connectivity index (χ2v) is 6.51. The Labute approximate surface area is 152 Å². The highest BCUT2D eigenvalue weighted by Crippen LogP contribution is 2.37. The fraction of sp³-hybridized carbons (Fsp3) is 0.125. The minimum absolute atomic E-state index is 0.180. The van der Waals surface area contributed by atoms with Crippen molar-refractivity contribution >= 4 is 58.0 Å². The van der Waals surface area contributed by atoms with E-state index in [1.165, 1.54) is 6.92 Å². The molecule has 1 heterocycles. The lowest BCUT2D eigenvalue weighted by Gasteiger charge is -2.33. The van der Waals surface area contributed by atoms with Crippen LogP contribution in [0.4, 0.5) is 11.4 Å². The summed E-state index contributed by atoms with van der Waals surface area (Å²) in [5.74, 6) is -0.952. The Balaban J connectivity index is 1.90. The van der Waals surface area contributed by atoms with Crippen LogP contribution in [0.25, 0.3) is 0 Å². The highest BCUT2D eigenvalue weighted by Gasteiger charge is 2.47. The van der Waals surface area contributed by atoms with Crippen LogP contribution in [0.1, 0.15) is 6.92 Å². The highest BCUT2D eigenvalue weighted by molar-refractivity contribution is 6.44. The van der Waals surface area contributed by atoms with Gasteiger partial charge in [-0.05, 0) is 37.3 Å². The summed E-state index contributed by atoms with van der Waals surface area (Å²) in [4.78, 5) is 25.0. The lowest BCUT2D eigenvalue weighted by molar-refractivity contribution is -0.143. The molecule has 0 radical (unpaired) electrons.